The Morgan fingerprint density at radius 3 is 2.54 bits per heavy atom. The van der Waals surface area contributed by atoms with Crippen LogP contribution in [-0.2, 0) is 5.54 Å². The van der Waals surface area contributed by atoms with E-state index in [1.54, 1.807) is 31.2 Å². The second-order valence-electron chi connectivity index (χ2n) is 6.55. The van der Waals surface area contributed by atoms with Crippen LogP contribution in [0, 0.1) is 12.7 Å². The number of aromatic nitrogens is 2. The largest absolute Gasteiger partial charge is 0.451 e. The first-order valence-corrected chi connectivity index (χ1v) is 8.55. The Morgan fingerprint density at radius 2 is 1.88 bits per heavy atom. The van der Waals surface area contributed by atoms with E-state index in [1.165, 1.54) is 12.1 Å². The number of furan rings is 1. The molecule has 1 N–H and O–H groups in total. The third-order valence-electron chi connectivity index (χ3n) is 4.72. The van der Waals surface area contributed by atoms with Crippen LogP contribution in [0.4, 0.5) is 4.39 Å². The van der Waals surface area contributed by atoms with E-state index in [4.69, 9.17) is 8.94 Å². The van der Waals surface area contributed by atoms with Crippen LogP contribution in [0.3, 0.4) is 0 Å². The third kappa shape index (κ3) is 3.00. The molecule has 0 atom stereocenters. The molecule has 0 bridgehead atoms. The number of hydrogen-bond acceptors (Lipinski definition) is 5. The molecule has 134 valence electrons. The average Bonchev–Trinajstić information content (AvgIpc) is 3.36. The Kier molecular flexibility index (Phi) is 4.06. The highest BCUT2D eigenvalue weighted by Crippen LogP contribution is 2.37. The highest BCUT2D eigenvalue weighted by Gasteiger charge is 2.41. The number of halogens is 1. The van der Waals surface area contributed by atoms with Gasteiger partial charge in [-0.3, -0.25) is 4.79 Å². The predicted molar refractivity (Wildman–Crippen MR) is 90.7 cm³/mol. The third-order valence-corrected chi connectivity index (χ3v) is 4.72. The van der Waals surface area contributed by atoms with Gasteiger partial charge in [0.15, 0.2) is 11.6 Å². The smallest absolute Gasteiger partial charge is 0.287 e. The van der Waals surface area contributed by atoms with Crippen molar-refractivity contribution < 1.29 is 18.1 Å². The molecule has 2 aromatic heterocycles. The molecule has 1 fully saturated rings. The molecule has 4 rings (SSSR count). The number of hydrogen-bond donors (Lipinski definition) is 1. The maximum Gasteiger partial charge on any atom is 0.287 e. The fourth-order valence-corrected chi connectivity index (χ4v) is 3.38. The number of carbonyl (C=O) groups is 1. The fourth-order valence-electron chi connectivity index (χ4n) is 3.38. The topological polar surface area (TPSA) is 81.2 Å². The number of rotatable bonds is 4. The van der Waals surface area contributed by atoms with Crippen LogP contribution in [-0.4, -0.2) is 16.0 Å². The molecule has 6 nitrogen and oxygen atoms in total. The van der Waals surface area contributed by atoms with Crippen molar-refractivity contribution in [1.29, 1.82) is 0 Å². The molecule has 26 heavy (non-hydrogen) atoms. The zero-order valence-electron chi connectivity index (χ0n) is 14.3. The molecule has 1 aromatic carbocycles. The van der Waals surface area contributed by atoms with Gasteiger partial charge in [0.25, 0.3) is 5.91 Å². The molecule has 0 unspecified atom stereocenters. The molecule has 1 amide bonds. The summed E-state index contributed by atoms with van der Waals surface area (Å²) >= 11 is 0. The van der Waals surface area contributed by atoms with Crippen LogP contribution in [0.1, 0.15) is 48.0 Å². The Hall–Kier alpha value is -2.96. The summed E-state index contributed by atoms with van der Waals surface area (Å²) in [6, 6.07) is 9.22. The van der Waals surface area contributed by atoms with Gasteiger partial charge in [-0.1, -0.05) is 18.0 Å². The molecule has 7 heteroatoms. The lowest BCUT2D eigenvalue weighted by Crippen LogP contribution is -2.44. The van der Waals surface area contributed by atoms with Gasteiger partial charge in [-0.2, -0.15) is 4.98 Å². The van der Waals surface area contributed by atoms with Crippen molar-refractivity contribution in [3.63, 3.8) is 0 Å². The van der Waals surface area contributed by atoms with E-state index >= 15 is 0 Å². The van der Waals surface area contributed by atoms with Crippen molar-refractivity contribution in [2.75, 3.05) is 0 Å². The van der Waals surface area contributed by atoms with Gasteiger partial charge in [0.05, 0.1) is 0 Å². The van der Waals surface area contributed by atoms with Gasteiger partial charge in [0.1, 0.15) is 17.1 Å². The Labute approximate surface area is 149 Å². The summed E-state index contributed by atoms with van der Waals surface area (Å²) in [6.07, 6.45) is 3.46. The van der Waals surface area contributed by atoms with E-state index in [9.17, 15) is 9.18 Å². The summed E-state index contributed by atoms with van der Waals surface area (Å²) in [5.41, 5.74) is 0.0762. The van der Waals surface area contributed by atoms with Crippen molar-refractivity contribution >= 4 is 5.91 Å². The number of nitrogens with one attached hydrogen (secondary N) is 1. The molecule has 0 saturated heterocycles. The van der Waals surface area contributed by atoms with Gasteiger partial charge in [0.2, 0.25) is 5.89 Å². The minimum atomic E-state index is -0.627. The average molecular weight is 355 g/mol. The van der Waals surface area contributed by atoms with Crippen molar-refractivity contribution in [1.82, 2.24) is 15.5 Å². The van der Waals surface area contributed by atoms with Crippen LogP contribution < -0.4 is 5.32 Å². The predicted octanol–water partition coefficient (Wildman–Crippen LogP) is 3.98. The van der Waals surface area contributed by atoms with Crippen molar-refractivity contribution in [3.05, 3.63) is 59.7 Å². The Balaban J connectivity index is 1.57. The quantitative estimate of drug-likeness (QED) is 0.766. The molecule has 0 radical (unpaired) electrons. The molecule has 2 heterocycles. The first kappa shape index (κ1) is 16.5. The maximum atomic E-state index is 13.1. The first-order chi connectivity index (χ1) is 12.6. The Bertz CT molecular complexity index is 924. The number of nitrogens with zero attached hydrogens (tertiary/aromatic N) is 2. The monoisotopic (exact) mass is 355 g/mol. The lowest BCUT2D eigenvalue weighted by molar-refractivity contribution is 0.0864. The van der Waals surface area contributed by atoms with Gasteiger partial charge in [-0.25, -0.2) is 4.39 Å². The normalized spacial score (nSPS) is 15.9. The molecular formula is C19H18FN3O3. The van der Waals surface area contributed by atoms with E-state index in [2.05, 4.69) is 15.5 Å². The first-order valence-electron chi connectivity index (χ1n) is 8.55. The van der Waals surface area contributed by atoms with Crippen LogP contribution in [0.2, 0.25) is 0 Å². The number of amides is 1. The lowest BCUT2D eigenvalue weighted by Gasteiger charge is -2.26. The summed E-state index contributed by atoms with van der Waals surface area (Å²) in [6.45, 7) is 1.72. The van der Waals surface area contributed by atoms with Crippen LogP contribution in [0.25, 0.3) is 11.3 Å². The molecule has 0 spiro atoms. The second kappa shape index (κ2) is 6.40. The molecule has 0 aliphatic heterocycles. The second-order valence-corrected chi connectivity index (χ2v) is 6.55. The zero-order chi connectivity index (χ0) is 18.1. The fraction of sp³-hybridized carbons (Fsp3) is 0.316. The molecule has 1 saturated carbocycles. The SMILES string of the molecule is Cc1nc(C2(NC(=O)c3ccc(-c4ccc(F)cc4)o3)CCCC2)no1. The van der Waals surface area contributed by atoms with Gasteiger partial charge in [0, 0.05) is 12.5 Å². The lowest BCUT2D eigenvalue weighted by atomic mass is 9.96. The summed E-state index contributed by atoms with van der Waals surface area (Å²) in [5, 5.41) is 7.05. The van der Waals surface area contributed by atoms with Crippen molar-refractivity contribution in [2.45, 2.75) is 38.1 Å². The van der Waals surface area contributed by atoms with Crippen LogP contribution >= 0.6 is 0 Å². The molecule has 3 aromatic rings. The molecule has 1 aliphatic rings. The summed E-state index contributed by atoms with van der Waals surface area (Å²) in [7, 11) is 0. The summed E-state index contributed by atoms with van der Waals surface area (Å²) < 4.78 is 23.8. The van der Waals surface area contributed by atoms with Gasteiger partial charge < -0.3 is 14.3 Å². The van der Waals surface area contributed by atoms with E-state index in [0.717, 1.165) is 25.7 Å². The standard InChI is InChI=1S/C19H18FN3O3/c1-12-21-18(23-26-12)19(10-2-3-11-19)22-17(24)16-9-8-15(25-16)13-4-6-14(20)7-5-13/h4-9H,2-3,10-11H2,1H3,(H,22,24). The minimum absolute atomic E-state index is 0.191. The van der Waals surface area contributed by atoms with Gasteiger partial charge in [-0.15, -0.1) is 0 Å². The van der Waals surface area contributed by atoms with E-state index < -0.39 is 5.54 Å². The van der Waals surface area contributed by atoms with E-state index in [0.29, 0.717) is 23.0 Å². The van der Waals surface area contributed by atoms with E-state index in [1.807, 2.05) is 0 Å². The van der Waals surface area contributed by atoms with Crippen LogP contribution in [0.5, 0.6) is 0 Å². The minimum Gasteiger partial charge on any atom is -0.451 e. The van der Waals surface area contributed by atoms with Crippen LogP contribution in [0.15, 0.2) is 45.3 Å². The highest BCUT2D eigenvalue weighted by atomic mass is 19.1. The van der Waals surface area contributed by atoms with E-state index in [-0.39, 0.29) is 17.5 Å². The Morgan fingerprint density at radius 1 is 1.15 bits per heavy atom. The van der Waals surface area contributed by atoms with Gasteiger partial charge in [-0.05, 0) is 49.2 Å². The summed E-state index contributed by atoms with van der Waals surface area (Å²) in [4.78, 5) is 17.0. The zero-order valence-corrected chi connectivity index (χ0v) is 14.3. The molecule has 1 aliphatic carbocycles. The number of carbonyl (C=O) groups excluding carboxylic acids is 1. The van der Waals surface area contributed by atoms with Crippen molar-refractivity contribution in [3.8, 4) is 11.3 Å². The van der Waals surface area contributed by atoms with Gasteiger partial charge >= 0.3 is 0 Å². The van der Waals surface area contributed by atoms with Crippen molar-refractivity contribution in [2.24, 2.45) is 0 Å². The summed E-state index contributed by atoms with van der Waals surface area (Å²) in [5.74, 6) is 1.02. The number of aryl methyl sites for hydroxylation is 1. The number of benzene rings is 1. The highest BCUT2D eigenvalue weighted by molar-refractivity contribution is 5.92. The maximum absolute atomic E-state index is 13.1. The molecular weight excluding hydrogens is 337 g/mol.